The number of carboxylic acids is 1. The van der Waals surface area contributed by atoms with E-state index in [1.54, 1.807) is 0 Å². The van der Waals surface area contributed by atoms with Crippen molar-refractivity contribution in [1.29, 1.82) is 0 Å². The maximum Gasteiger partial charge on any atom is 0.303 e. The number of carbonyl (C=O) groups is 2. The number of hydrogen-bond acceptors (Lipinski definition) is 4. The molecule has 19 heavy (non-hydrogen) atoms. The summed E-state index contributed by atoms with van der Waals surface area (Å²) in [6, 6.07) is 0. The van der Waals surface area contributed by atoms with Crippen LogP contribution >= 0.6 is 0 Å². The number of ether oxygens (including phenoxy) is 1. The van der Waals surface area contributed by atoms with Gasteiger partial charge in [0.05, 0.1) is 19.3 Å². The van der Waals surface area contributed by atoms with Gasteiger partial charge in [-0.15, -0.1) is 0 Å². The fourth-order valence-electron chi connectivity index (χ4n) is 2.17. The van der Waals surface area contributed by atoms with Gasteiger partial charge in [-0.1, -0.05) is 12.8 Å². The predicted octanol–water partition coefficient (Wildman–Crippen LogP) is 1.69. The smallest absolute Gasteiger partial charge is 0.303 e. The Morgan fingerprint density at radius 2 is 2.05 bits per heavy atom. The Hall–Kier alpha value is -1.20. The molecule has 1 atom stereocenters. The quantitative estimate of drug-likeness (QED) is 0.590. The number of ketones is 1. The van der Waals surface area contributed by atoms with Gasteiger partial charge in [0, 0.05) is 12.8 Å². The zero-order valence-electron chi connectivity index (χ0n) is 11.1. The number of carboxylic acid groups (broad SMARTS) is 1. The molecule has 0 spiro atoms. The Labute approximate surface area is 113 Å². The molecule has 0 bridgehead atoms. The summed E-state index contributed by atoms with van der Waals surface area (Å²) in [4.78, 5) is 22.0. The van der Waals surface area contributed by atoms with Crippen molar-refractivity contribution in [2.24, 2.45) is 0 Å². The molecular weight excluding hydrogens is 248 g/mol. The zero-order valence-corrected chi connectivity index (χ0v) is 11.1. The number of aliphatic hydroxyl groups is 1. The van der Waals surface area contributed by atoms with E-state index in [0.29, 0.717) is 12.8 Å². The highest BCUT2D eigenvalue weighted by atomic mass is 16.5. The van der Waals surface area contributed by atoms with E-state index in [2.05, 4.69) is 0 Å². The van der Waals surface area contributed by atoms with Crippen molar-refractivity contribution >= 4 is 11.8 Å². The summed E-state index contributed by atoms with van der Waals surface area (Å²) in [5, 5.41) is 17.1. The summed E-state index contributed by atoms with van der Waals surface area (Å²) in [5.41, 5.74) is 0.821. The first-order chi connectivity index (χ1) is 9.13. The van der Waals surface area contributed by atoms with Crippen LogP contribution in [0.25, 0.3) is 0 Å². The molecule has 0 aromatic heterocycles. The summed E-state index contributed by atoms with van der Waals surface area (Å²) in [6.45, 7) is 0.231. The number of aliphatic carboxylic acids is 1. The van der Waals surface area contributed by atoms with E-state index in [-0.39, 0.29) is 31.5 Å². The molecule has 1 unspecified atom stereocenters. The van der Waals surface area contributed by atoms with Crippen LogP contribution in [0.5, 0.6) is 0 Å². The van der Waals surface area contributed by atoms with E-state index in [0.717, 1.165) is 31.3 Å². The van der Waals surface area contributed by atoms with Gasteiger partial charge in [0.15, 0.2) is 5.78 Å². The first kappa shape index (κ1) is 15.9. The largest absolute Gasteiger partial charge is 0.481 e. The van der Waals surface area contributed by atoms with Crippen molar-refractivity contribution in [2.45, 2.75) is 51.0 Å². The van der Waals surface area contributed by atoms with Crippen LogP contribution in [0, 0.1) is 0 Å². The molecule has 5 heteroatoms. The SMILES string of the molecule is O=C(O)CCCCCCC1=CC(OCCO)CC1=O. The molecule has 0 saturated carbocycles. The van der Waals surface area contributed by atoms with Crippen LogP contribution in [0.2, 0.25) is 0 Å². The number of carbonyl (C=O) groups excluding carboxylic acids is 1. The minimum atomic E-state index is -0.752. The Morgan fingerprint density at radius 3 is 2.74 bits per heavy atom. The lowest BCUT2D eigenvalue weighted by atomic mass is 10.0. The Kier molecular flexibility index (Phi) is 7.36. The summed E-state index contributed by atoms with van der Waals surface area (Å²) in [7, 11) is 0. The van der Waals surface area contributed by atoms with Crippen molar-refractivity contribution < 1.29 is 24.5 Å². The van der Waals surface area contributed by atoms with E-state index in [1.165, 1.54) is 0 Å². The van der Waals surface area contributed by atoms with Crippen LogP contribution in [0.15, 0.2) is 11.6 Å². The molecule has 108 valence electrons. The van der Waals surface area contributed by atoms with E-state index >= 15 is 0 Å². The van der Waals surface area contributed by atoms with Crippen molar-refractivity contribution in [3.63, 3.8) is 0 Å². The van der Waals surface area contributed by atoms with Crippen LogP contribution in [0.4, 0.5) is 0 Å². The van der Waals surface area contributed by atoms with Crippen LogP contribution in [-0.4, -0.2) is 41.3 Å². The second-order valence-electron chi connectivity index (χ2n) is 4.76. The highest BCUT2D eigenvalue weighted by Gasteiger charge is 2.23. The van der Waals surface area contributed by atoms with E-state index in [4.69, 9.17) is 14.9 Å². The zero-order chi connectivity index (χ0) is 14.1. The van der Waals surface area contributed by atoms with Crippen molar-refractivity contribution in [3.05, 3.63) is 11.6 Å². The minimum Gasteiger partial charge on any atom is -0.481 e. The molecule has 0 radical (unpaired) electrons. The first-order valence-corrected chi connectivity index (χ1v) is 6.81. The van der Waals surface area contributed by atoms with Gasteiger partial charge in [-0.25, -0.2) is 0 Å². The number of unbranched alkanes of at least 4 members (excludes halogenated alkanes) is 3. The average Bonchev–Trinajstić information content (AvgIpc) is 2.71. The topological polar surface area (TPSA) is 83.8 Å². The number of allylic oxidation sites excluding steroid dienone is 1. The summed E-state index contributed by atoms with van der Waals surface area (Å²) in [6.07, 6.45) is 6.46. The number of hydrogen-bond donors (Lipinski definition) is 2. The lowest BCUT2D eigenvalue weighted by molar-refractivity contribution is -0.137. The van der Waals surface area contributed by atoms with Gasteiger partial charge in [-0.2, -0.15) is 0 Å². The molecule has 1 aliphatic rings. The molecule has 0 amide bonds. The summed E-state index contributed by atoms with van der Waals surface area (Å²) >= 11 is 0. The summed E-state index contributed by atoms with van der Waals surface area (Å²) in [5.74, 6) is -0.619. The van der Waals surface area contributed by atoms with Gasteiger partial charge in [0.2, 0.25) is 0 Å². The third-order valence-electron chi connectivity index (χ3n) is 3.14. The fraction of sp³-hybridized carbons (Fsp3) is 0.714. The number of rotatable bonds is 10. The molecular formula is C14H22O5. The standard InChI is InChI=1S/C14H22O5/c15-7-8-19-12-9-11(13(16)10-12)5-3-1-2-4-6-14(17)18/h9,12,15H,1-8,10H2,(H,17,18). The predicted molar refractivity (Wildman–Crippen MR) is 69.9 cm³/mol. The van der Waals surface area contributed by atoms with Gasteiger partial charge < -0.3 is 14.9 Å². The molecule has 5 nitrogen and oxygen atoms in total. The summed E-state index contributed by atoms with van der Waals surface area (Å²) < 4.78 is 5.31. The Morgan fingerprint density at radius 1 is 1.32 bits per heavy atom. The normalized spacial score (nSPS) is 18.7. The van der Waals surface area contributed by atoms with Crippen LogP contribution in [0.1, 0.15) is 44.9 Å². The average molecular weight is 270 g/mol. The van der Waals surface area contributed by atoms with Crippen molar-refractivity contribution in [2.75, 3.05) is 13.2 Å². The van der Waals surface area contributed by atoms with Crippen LogP contribution in [0.3, 0.4) is 0 Å². The molecule has 1 aliphatic carbocycles. The molecule has 0 aromatic carbocycles. The molecule has 0 fully saturated rings. The van der Waals surface area contributed by atoms with Crippen molar-refractivity contribution in [3.8, 4) is 0 Å². The third kappa shape index (κ3) is 6.50. The highest BCUT2D eigenvalue weighted by Crippen LogP contribution is 2.22. The van der Waals surface area contributed by atoms with E-state index in [1.807, 2.05) is 6.08 Å². The lowest BCUT2D eigenvalue weighted by Gasteiger charge is -2.05. The first-order valence-electron chi connectivity index (χ1n) is 6.81. The van der Waals surface area contributed by atoms with E-state index < -0.39 is 5.97 Å². The number of Topliss-reactive ketones (excluding diaryl/α,β-unsaturated/α-hetero) is 1. The van der Waals surface area contributed by atoms with Crippen molar-refractivity contribution in [1.82, 2.24) is 0 Å². The minimum absolute atomic E-state index is 0.0303. The van der Waals surface area contributed by atoms with Gasteiger partial charge >= 0.3 is 5.97 Å². The second-order valence-corrected chi connectivity index (χ2v) is 4.76. The van der Waals surface area contributed by atoms with Gasteiger partial charge in [0.25, 0.3) is 0 Å². The van der Waals surface area contributed by atoms with Gasteiger partial charge in [-0.3, -0.25) is 9.59 Å². The molecule has 0 aromatic rings. The monoisotopic (exact) mass is 270 g/mol. The molecule has 0 heterocycles. The Bertz CT molecular complexity index is 335. The molecule has 1 rings (SSSR count). The highest BCUT2D eigenvalue weighted by molar-refractivity contribution is 5.98. The molecule has 0 aliphatic heterocycles. The fourth-order valence-corrected chi connectivity index (χ4v) is 2.17. The van der Waals surface area contributed by atoms with Gasteiger partial charge in [-0.05, 0) is 30.9 Å². The van der Waals surface area contributed by atoms with E-state index in [9.17, 15) is 9.59 Å². The maximum absolute atomic E-state index is 11.7. The Balaban J connectivity index is 2.14. The van der Waals surface area contributed by atoms with Crippen LogP contribution < -0.4 is 0 Å². The molecule has 0 saturated heterocycles. The van der Waals surface area contributed by atoms with Crippen LogP contribution in [-0.2, 0) is 14.3 Å². The van der Waals surface area contributed by atoms with Gasteiger partial charge in [0.1, 0.15) is 0 Å². The third-order valence-corrected chi connectivity index (χ3v) is 3.14. The molecule has 2 N–H and O–H groups in total. The second kappa shape index (κ2) is 8.82. The number of aliphatic hydroxyl groups excluding tert-OH is 1. The maximum atomic E-state index is 11.7. The lowest BCUT2D eigenvalue weighted by Crippen LogP contribution is -2.11.